The molecule has 0 saturated carbocycles. The van der Waals surface area contributed by atoms with E-state index in [1.54, 1.807) is 11.0 Å². The van der Waals surface area contributed by atoms with E-state index in [1.807, 2.05) is 0 Å². The lowest BCUT2D eigenvalue weighted by Gasteiger charge is -2.19. The molecule has 134 valence electrons. The number of rotatable bonds is 3. The number of hydrogen-bond acceptors (Lipinski definition) is 4. The predicted octanol–water partition coefficient (Wildman–Crippen LogP) is 2.46. The van der Waals surface area contributed by atoms with E-state index in [2.05, 4.69) is 10.1 Å². The van der Waals surface area contributed by atoms with Crippen LogP contribution in [0.3, 0.4) is 0 Å². The van der Waals surface area contributed by atoms with Crippen LogP contribution in [-0.4, -0.2) is 50.9 Å². The molecule has 0 spiro atoms. The number of nitrogens with one attached hydrogen (secondary N) is 1. The predicted molar refractivity (Wildman–Crippen MR) is 83.8 cm³/mol. The van der Waals surface area contributed by atoms with Crippen molar-refractivity contribution < 1.29 is 17.6 Å². The molecule has 0 amide bonds. The van der Waals surface area contributed by atoms with E-state index in [-0.39, 0.29) is 18.2 Å². The molecule has 25 heavy (non-hydrogen) atoms. The van der Waals surface area contributed by atoms with E-state index >= 15 is 0 Å². The van der Waals surface area contributed by atoms with Crippen molar-refractivity contribution in [1.29, 1.82) is 5.41 Å². The van der Waals surface area contributed by atoms with Gasteiger partial charge < -0.3 is 10.6 Å². The number of nitrogens with two attached hydrogens (primary N) is 1. The summed E-state index contributed by atoms with van der Waals surface area (Å²) < 4.78 is 51.4. The molecule has 0 aromatic carbocycles. The number of likely N-dealkylation sites (tertiary alicyclic amines) is 1. The van der Waals surface area contributed by atoms with Gasteiger partial charge in [-0.3, -0.25) is 10.1 Å². The van der Waals surface area contributed by atoms with E-state index in [0.717, 1.165) is 4.68 Å². The highest BCUT2D eigenvalue weighted by molar-refractivity contribution is 6.01. The van der Waals surface area contributed by atoms with E-state index in [0.29, 0.717) is 29.7 Å². The Kier molecular flexibility index (Phi) is 4.36. The van der Waals surface area contributed by atoms with Crippen LogP contribution in [0.4, 0.5) is 23.4 Å². The zero-order valence-electron chi connectivity index (χ0n) is 13.1. The average molecular weight is 356 g/mol. The lowest BCUT2D eigenvalue weighted by atomic mass is 10.1. The van der Waals surface area contributed by atoms with Crippen molar-refractivity contribution in [1.82, 2.24) is 19.7 Å². The van der Waals surface area contributed by atoms with Crippen LogP contribution in [0.2, 0.25) is 0 Å². The molecule has 1 unspecified atom stereocenters. The van der Waals surface area contributed by atoms with Crippen LogP contribution in [0.5, 0.6) is 0 Å². The number of pyridine rings is 1. The Labute approximate surface area is 140 Å². The van der Waals surface area contributed by atoms with Crippen LogP contribution in [0, 0.1) is 5.41 Å². The zero-order chi connectivity index (χ0) is 18.2. The molecule has 6 nitrogen and oxygen atoms in total. The number of amidine groups is 1. The van der Waals surface area contributed by atoms with Crippen molar-refractivity contribution in [2.24, 2.45) is 0 Å². The fourth-order valence-electron chi connectivity index (χ4n) is 2.70. The van der Waals surface area contributed by atoms with Crippen LogP contribution in [-0.2, 0) is 6.54 Å². The van der Waals surface area contributed by atoms with E-state index in [1.165, 1.54) is 18.6 Å². The van der Waals surface area contributed by atoms with Crippen molar-refractivity contribution >= 4 is 11.7 Å². The average Bonchev–Trinajstić information content (AvgIpc) is 3.15. The number of alkyl halides is 4. The van der Waals surface area contributed by atoms with E-state index in [9.17, 15) is 17.6 Å². The summed E-state index contributed by atoms with van der Waals surface area (Å²) in [7, 11) is 0. The summed E-state index contributed by atoms with van der Waals surface area (Å²) in [5, 5.41) is 11.9. The Morgan fingerprint density at radius 1 is 1.32 bits per heavy atom. The van der Waals surface area contributed by atoms with Crippen LogP contribution in [0.25, 0.3) is 11.1 Å². The molecule has 1 aliphatic rings. The standard InChI is InChI=1S/C15H16F4N6/c16-11-1-2-24(7-11)14(21)12-3-9(4-22-13(12)20)10-5-23-25(6-10)8-15(17,18)19/h3-6,11,21H,1-2,7-8H2,(H2,20,22). The first kappa shape index (κ1) is 17.2. The highest BCUT2D eigenvalue weighted by Crippen LogP contribution is 2.25. The molecule has 10 heteroatoms. The Balaban J connectivity index is 1.85. The molecule has 1 aliphatic heterocycles. The first-order valence-electron chi connectivity index (χ1n) is 7.56. The van der Waals surface area contributed by atoms with Crippen molar-refractivity contribution in [2.45, 2.75) is 25.3 Å². The lowest BCUT2D eigenvalue weighted by Crippen LogP contribution is -2.29. The van der Waals surface area contributed by atoms with Gasteiger partial charge in [-0.05, 0) is 12.5 Å². The zero-order valence-corrected chi connectivity index (χ0v) is 13.1. The molecular weight excluding hydrogens is 340 g/mol. The Hall–Kier alpha value is -2.65. The number of hydrogen-bond donors (Lipinski definition) is 2. The van der Waals surface area contributed by atoms with Gasteiger partial charge in [0.2, 0.25) is 0 Å². The second kappa shape index (κ2) is 6.34. The van der Waals surface area contributed by atoms with Crippen LogP contribution in [0.1, 0.15) is 12.0 Å². The maximum Gasteiger partial charge on any atom is 0.408 e. The molecule has 2 aromatic rings. The van der Waals surface area contributed by atoms with Gasteiger partial charge in [0.25, 0.3) is 0 Å². The highest BCUT2D eigenvalue weighted by atomic mass is 19.4. The van der Waals surface area contributed by atoms with Crippen LogP contribution in [0.15, 0.2) is 24.7 Å². The van der Waals surface area contributed by atoms with E-state index < -0.39 is 18.9 Å². The summed E-state index contributed by atoms with van der Waals surface area (Å²) in [4.78, 5) is 5.57. The molecule has 2 aromatic heterocycles. The highest BCUT2D eigenvalue weighted by Gasteiger charge is 2.29. The number of nitrogen functional groups attached to an aromatic ring is 1. The summed E-state index contributed by atoms with van der Waals surface area (Å²) in [6.07, 6.45) is -1.06. The smallest absolute Gasteiger partial charge is 0.383 e. The van der Waals surface area contributed by atoms with Gasteiger partial charge in [-0.15, -0.1) is 0 Å². The third-order valence-electron chi connectivity index (χ3n) is 3.93. The van der Waals surface area contributed by atoms with Crippen molar-refractivity contribution in [2.75, 3.05) is 18.8 Å². The maximum absolute atomic E-state index is 13.3. The third-order valence-corrected chi connectivity index (χ3v) is 3.93. The number of halogens is 4. The van der Waals surface area contributed by atoms with Crippen molar-refractivity contribution in [3.8, 4) is 11.1 Å². The quantitative estimate of drug-likeness (QED) is 0.503. The molecule has 0 bridgehead atoms. The van der Waals surface area contributed by atoms with E-state index in [4.69, 9.17) is 11.1 Å². The van der Waals surface area contributed by atoms with Crippen LogP contribution >= 0.6 is 0 Å². The van der Waals surface area contributed by atoms with Gasteiger partial charge in [-0.2, -0.15) is 18.3 Å². The van der Waals surface area contributed by atoms with Gasteiger partial charge >= 0.3 is 6.18 Å². The topological polar surface area (TPSA) is 83.8 Å². The Morgan fingerprint density at radius 2 is 2.08 bits per heavy atom. The summed E-state index contributed by atoms with van der Waals surface area (Å²) in [6.45, 7) is -0.664. The minimum atomic E-state index is -4.37. The minimum Gasteiger partial charge on any atom is -0.383 e. The number of nitrogens with zero attached hydrogens (tertiary/aromatic N) is 4. The summed E-state index contributed by atoms with van der Waals surface area (Å²) in [6, 6.07) is 1.56. The van der Waals surface area contributed by atoms with Crippen molar-refractivity contribution in [3.05, 3.63) is 30.2 Å². The molecule has 3 N–H and O–H groups in total. The normalized spacial score (nSPS) is 17.9. The fourth-order valence-corrected chi connectivity index (χ4v) is 2.70. The molecule has 3 rings (SSSR count). The lowest BCUT2D eigenvalue weighted by molar-refractivity contribution is -0.142. The molecule has 0 aliphatic carbocycles. The molecule has 1 atom stereocenters. The Morgan fingerprint density at radius 3 is 2.72 bits per heavy atom. The second-order valence-electron chi connectivity index (χ2n) is 5.88. The number of anilines is 1. The summed E-state index contributed by atoms with van der Waals surface area (Å²) in [5.74, 6) is 0.161. The third kappa shape index (κ3) is 3.89. The monoisotopic (exact) mass is 356 g/mol. The Bertz CT molecular complexity index is 785. The van der Waals surface area contributed by atoms with Crippen molar-refractivity contribution in [3.63, 3.8) is 0 Å². The first-order chi connectivity index (χ1) is 11.7. The first-order valence-corrected chi connectivity index (χ1v) is 7.56. The summed E-state index contributed by atoms with van der Waals surface area (Å²) in [5.41, 5.74) is 7.04. The number of aromatic nitrogens is 3. The van der Waals surface area contributed by atoms with Gasteiger partial charge in [0.1, 0.15) is 24.4 Å². The van der Waals surface area contributed by atoms with Gasteiger partial charge in [0.15, 0.2) is 0 Å². The van der Waals surface area contributed by atoms with Crippen LogP contribution < -0.4 is 5.73 Å². The maximum atomic E-state index is 13.3. The second-order valence-corrected chi connectivity index (χ2v) is 5.88. The molecule has 0 radical (unpaired) electrons. The SMILES string of the molecule is N=C(c1cc(-c2cnn(CC(F)(F)F)c2)cnc1N)N1CCC(F)C1. The largest absolute Gasteiger partial charge is 0.408 e. The minimum absolute atomic E-state index is 0.0506. The molecule has 3 heterocycles. The van der Waals surface area contributed by atoms with Gasteiger partial charge in [-0.1, -0.05) is 0 Å². The van der Waals surface area contributed by atoms with Gasteiger partial charge in [-0.25, -0.2) is 9.37 Å². The van der Waals surface area contributed by atoms with Gasteiger partial charge in [0.05, 0.1) is 18.3 Å². The fraction of sp³-hybridized carbons (Fsp3) is 0.400. The summed E-state index contributed by atoms with van der Waals surface area (Å²) >= 11 is 0. The molecule has 1 fully saturated rings. The molecular formula is C15H16F4N6. The molecule has 1 saturated heterocycles. The van der Waals surface area contributed by atoms with Gasteiger partial charge in [0, 0.05) is 30.1 Å².